The predicted molar refractivity (Wildman–Crippen MR) is 45.7 cm³/mol. The van der Waals surface area contributed by atoms with E-state index in [2.05, 4.69) is 0 Å². The van der Waals surface area contributed by atoms with Crippen LogP contribution in [0.25, 0.3) is 0 Å². The van der Waals surface area contributed by atoms with Gasteiger partial charge in [0, 0.05) is 0 Å². The molecule has 1 aromatic carbocycles. The van der Waals surface area contributed by atoms with Crippen molar-refractivity contribution < 1.29 is 14.3 Å². The molecule has 0 aromatic heterocycles. The van der Waals surface area contributed by atoms with Crippen LogP contribution in [0.15, 0.2) is 18.2 Å². The Morgan fingerprint density at radius 3 is 2.71 bits per heavy atom. The molecule has 1 rings (SSSR count). The van der Waals surface area contributed by atoms with Gasteiger partial charge in [0.05, 0.1) is 11.6 Å². The highest BCUT2D eigenvalue weighted by Crippen LogP contribution is 2.14. The summed E-state index contributed by atoms with van der Waals surface area (Å²) in [5.74, 6) is -1.93. The van der Waals surface area contributed by atoms with E-state index in [1.165, 1.54) is 6.07 Å². The summed E-state index contributed by atoms with van der Waals surface area (Å²) in [5.41, 5.74) is 5.38. The van der Waals surface area contributed by atoms with Crippen LogP contribution in [-0.2, 0) is 4.79 Å². The van der Waals surface area contributed by atoms with Crippen LogP contribution in [0.4, 0.5) is 4.39 Å². The highest BCUT2D eigenvalue weighted by molar-refractivity contribution is 5.75. The zero-order chi connectivity index (χ0) is 10.7. The number of aliphatic carboxylic acids is 1. The zero-order valence-corrected chi connectivity index (χ0v) is 7.07. The molecule has 4 nitrogen and oxygen atoms in total. The molecular formula is C9H7FN2O2. The normalized spacial score (nSPS) is 11.8. The average Bonchev–Trinajstić information content (AvgIpc) is 2.15. The van der Waals surface area contributed by atoms with Gasteiger partial charge in [-0.25, -0.2) is 4.39 Å². The van der Waals surface area contributed by atoms with Gasteiger partial charge in [-0.3, -0.25) is 4.79 Å². The maximum absolute atomic E-state index is 12.8. The Bertz CT molecular complexity index is 412. The number of nitriles is 1. The van der Waals surface area contributed by atoms with Crippen molar-refractivity contribution >= 4 is 5.97 Å². The van der Waals surface area contributed by atoms with Crippen molar-refractivity contribution in [2.45, 2.75) is 6.04 Å². The van der Waals surface area contributed by atoms with E-state index in [1.807, 2.05) is 0 Å². The third-order valence-corrected chi connectivity index (χ3v) is 1.67. The van der Waals surface area contributed by atoms with Gasteiger partial charge in [-0.15, -0.1) is 0 Å². The fraction of sp³-hybridized carbons (Fsp3) is 0.111. The first-order valence-electron chi connectivity index (χ1n) is 3.73. The Labute approximate surface area is 79.4 Å². The lowest BCUT2D eigenvalue weighted by Crippen LogP contribution is -2.20. The third-order valence-electron chi connectivity index (χ3n) is 1.67. The van der Waals surface area contributed by atoms with Crippen LogP contribution >= 0.6 is 0 Å². The summed E-state index contributed by atoms with van der Waals surface area (Å²) < 4.78 is 12.8. The summed E-state index contributed by atoms with van der Waals surface area (Å²) in [6.07, 6.45) is 0. The molecule has 0 aliphatic carbocycles. The van der Waals surface area contributed by atoms with E-state index >= 15 is 0 Å². The molecule has 0 radical (unpaired) electrons. The van der Waals surface area contributed by atoms with E-state index in [0.717, 1.165) is 12.1 Å². The Kier molecular flexibility index (Phi) is 2.79. The number of carboxylic acid groups (broad SMARTS) is 1. The number of carboxylic acids is 1. The van der Waals surface area contributed by atoms with Crippen molar-refractivity contribution in [3.05, 3.63) is 35.1 Å². The van der Waals surface area contributed by atoms with Gasteiger partial charge in [-0.2, -0.15) is 5.26 Å². The van der Waals surface area contributed by atoms with Gasteiger partial charge in [0.25, 0.3) is 0 Å². The number of hydrogen-bond acceptors (Lipinski definition) is 3. The number of nitrogens with zero attached hydrogens (tertiary/aromatic N) is 1. The maximum atomic E-state index is 12.8. The molecule has 0 aliphatic rings. The third kappa shape index (κ3) is 2.06. The van der Waals surface area contributed by atoms with E-state index in [4.69, 9.17) is 16.1 Å². The minimum atomic E-state index is -1.31. The quantitative estimate of drug-likeness (QED) is 0.728. The minimum absolute atomic E-state index is 0.0525. The van der Waals surface area contributed by atoms with Gasteiger partial charge < -0.3 is 10.8 Å². The fourth-order valence-corrected chi connectivity index (χ4v) is 0.999. The molecule has 0 amide bonds. The summed E-state index contributed by atoms with van der Waals surface area (Å²) in [5, 5.41) is 17.1. The second-order valence-corrected chi connectivity index (χ2v) is 2.70. The second-order valence-electron chi connectivity index (χ2n) is 2.70. The van der Waals surface area contributed by atoms with Gasteiger partial charge in [-0.1, -0.05) is 0 Å². The smallest absolute Gasteiger partial charge is 0.325 e. The molecule has 0 fully saturated rings. The molecule has 3 N–H and O–H groups in total. The molecule has 0 saturated heterocycles. The maximum Gasteiger partial charge on any atom is 0.325 e. The summed E-state index contributed by atoms with van der Waals surface area (Å²) in [7, 11) is 0. The van der Waals surface area contributed by atoms with E-state index in [0.29, 0.717) is 0 Å². The molecule has 0 saturated carbocycles. The SMILES string of the molecule is N#Cc1cc(F)cc(C(N)C(=O)O)c1. The molecule has 1 unspecified atom stereocenters. The van der Waals surface area contributed by atoms with Gasteiger partial charge in [-0.05, 0) is 23.8 Å². The molecule has 0 heterocycles. The first kappa shape index (κ1) is 10.2. The van der Waals surface area contributed by atoms with E-state index in [-0.39, 0.29) is 11.1 Å². The van der Waals surface area contributed by atoms with Crippen molar-refractivity contribution in [1.29, 1.82) is 5.26 Å². The van der Waals surface area contributed by atoms with E-state index < -0.39 is 17.8 Å². The summed E-state index contributed by atoms with van der Waals surface area (Å²) in [6.45, 7) is 0. The first-order valence-corrected chi connectivity index (χ1v) is 3.73. The molecule has 72 valence electrons. The standard InChI is InChI=1S/C9H7FN2O2/c10-7-2-5(4-11)1-6(3-7)8(12)9(13)14/h1-3,8H,12H2,(H,13,14). The lowest BCUT2D eigenvalue weighted by Gasteiger charge is -2.06. The van der Waals surface area contributed by atoms with Crippen LogP contribution < -0.4 is 5.73 Å². The first-order chi connectivity index (χ1) is 6.54. The number of halogens is 1. The number of benzene rings is 1. The molecule has 0 aliphatic heterocycles. The fourth-order valence-electron chi connectivity index (χ4n) is 0.999. The number of rotatable bonds is 2. The number of nitrogens with two attached hydrogens (primary N) is 1. The monoisotopic (exact) mass is 194 g/mol. The second kappa shape index (κ2) is 3.85. The van der Waals surface area contributed by atoms with Gasteiger partial charge >= 0.3 is 5.97 Å². The molecule has 0 spiro atoms. The largest absolute Gasteiger partial charge is 0.480 e. The van der Waals surface area contributed by atoms with Crippen LogP contribution in [0.1, 0.15) is 17.2 Å². The average molecular weight is 194 g/mol. The minimum Gasteiger partial charge on any atom is -0.480 e. The Balaban J connectivity index is 3.17. The van der Waals surface area contributed by atoms with Crippen molar-refractivity contribution in [2.75, 3.05) is 0 Å². The van der Waals surface area contributed by atoms with Gasteiger partial charge in [0.1, 0.15) is 11.9 Å². The van der Waals surface area contributed by atoms with Crippen LogP contribution in [0.3, 0.4) is 0 Å². The van der Waals surface area contributed by atoms with Crippen LogP contribution in [-0.4, -0.2) is 11.1 Å². The van der Waals surface area contributed by atoms with Crippen molar-refractivity contribution in [1.82, 2.24) is 0 Å². The molecule has 0 bridgehead atoms. The van der Waals surface area contributed by atoms with E-state index in [1.54, 1.807) is 6.07 Å². The summed E-state index contributed by atoms with van der Waals surface area (Å²) in [4.78, 5) is 10.5. The van der Waals surface area contributed by atoms with Crippen molar-refractivity contribution in [3.8, 4) is 6.07 Å². The van der Waals surface area contributed by atoms with Gasteiger partial charge in [0.15, 0.2) is 0 Å². The van der Waals surface area contributed by atoms with Crippen molar-refractivity contribution in [2.24, 2.45) is 5.73 Å². The van der Waals surface area contributed by atoms with Gasteiger partial charge in [0.2, 0.25) is 0 Å². The molecular weight excluding hydrogens is 187 g/mol. The van der Waals surface area contributed by atoms with Crippen molar-refractivity contribution in [3.63, 3.8) is 0 Å². The summed E-state index contributed by atoms with van der Waals surface area (Å²) in [6, 6.07) is 3.67. The number of hydrogen-bond donors (Lipinski definition) is 2. The zero-order valence-electron chi connectivity index (χ0n) is 7.07. The van der Waals surface area contributed by atoms with Crippen LogP contribution in [0, 0.1) is 17.1 Å². The Morgan fingerprint density at radius 1 is 1.57 bits per heavy atom. The number of carbonyl (C=O) groups is 1. The Morgan fingerprint density at radius 2 is 2.21 bits per heavy atom. The van der Waals surface area contributed by atoms with Crippen LogP contribution in [0.5, 0.6) is 0 Å². The van der Waals surface area contributed by atoms with E-state index in [9.17, 15) is 9.18 Å². The highest BCUT2D eigenvalue weighted by Gasteiger charge is 2.15. The Hall–Kier alpha value is -1.93. The summed E-state index contributed by atoms with van der Waals surface area (Å²) >= 11 is 0. The molecule has 1 aromatic rings. The lowest BCUT2D eigenvalue weighted by molar-refractivity contribution is -0.138. The van der Waals surface area contributed by atoms with Crippen LogP contribution in [0.2, 0.25) is 0 Å². The predicted octanol–water partition coefficient (Wildman–Crippen LogP) is 0.782. The molecule has 14 heavy (non-hydrogen) atoms. The molecule has 1 atom stereocenters. The highest BCUT2D eigenvalue weighted by atomic mass is 19.1. The lowest BCUT2D eigenvalue weighted by atomic mass is 10.1. The topological polar surface area (TPSA) is 87.1 Å². The molecule has 5 heteroatoms.